The largest absolute Gasteiger partial charge is 0.444 e. The maximum atomic E-state index is 5.62. The number of nitrogens with zero attached hydrogens (tertiary/aromatic N) is 1. The van der Waals surface area contributed by atoms with Crippen LogP contribution in [-0.2, 0) is 17.7 Å². The Balaban J connectivity index is 2.28. The predicted octanol–water partition coefficient (Wildman–Crippen LogP) is 2.00. The van der Waals surface area contributed by atoms with E-state index in [0.29, 0.717) is 19.1 Å². The zero-order valence-electron chi connectivity index (χ0n) is 10.5. The zero-order valence-corrected chi connectivity index (χ0v) is 10.5. The molecular formula is C12H22N2O2. The van der Waals surface area contributed by atoms with Crippen LogP contribution in [0.4, 0.5) is 0 Å². The lowest BCUT2D eigenvalue weighted by Gasteiger charge is -2.04. The van der Waals surface area contributed by atoms with Crippen LogP contribution >= 0.6 is 0 Å². The van der Waals surface area contributed by atoms with E-state index in [1.165, 1.54) is 6.42 Å². The molecule has 0 spiro atoms. The minimum absolute atomic E-state index is 0.655. The fourth-order valence-corrected chi connectivity index (χ4v) is 1.38. The van der Waals surface area contributed by atoms with Crippen LogP contribution in [0.5, 0.6) is 0 Å². The second-order valence-electron chi connectivity index (χ2n) is 4.11. The summed E-state index contributed by atoms with van der Waals surface area (Å²) in [6.07, 6.45) is 3.98. The van der Waals surface area contributed by atoms with E-state index >= 15 is 0 Å². The normalized spacial score (nSPS) is 12.9. The molecule has 0 aliphatic heterocycles. The Labute approximate surface area is 97.4 Å². The number of methoxy groups -OCH3 is 1. The molecule has 92 valence electrons. The molecule has 0 saturated carbocycles. The molecule has 1 aromatic rings. The molecule has 4 heteroatoms. The molecular weight excluding hydrogens is 204 g/mol. The van der Waals surface area contributed by atoms with Gasteiger partial charge in [0.05, 0.1) is 19.3 Å². The molecule has 0 fully saturated rings. The van der Waals surface area contributed by atoms with Crippen molar-refractivity contribution in [3.63, 3.8) is 0 Å². The average molecular weight is 226 g/mol. The first-order chi connectivity index (χ1) is 7.76. The summed E-state index contributed by atoms with van der Waals surface area (Å²) in [4.78, 5) is 4.23. The molecule has 1 atom stereocenters. The Morgan fingerprint density at radius 1 is 1.56 bits per heavy atom. The van der Waals surface area contributed by atoms with Gasteiger partial charge in [-0.25, -0.2) is 4.98 Å². The van der Waals surface area contributed by atoms with Gasteiger partial charge in [0.1, 0.15) is 5.76 Å². The van der Waals surface area contributed by atoms with E-state index in [9.17, 15) is 0 Å². The third-order valence-corrected chi connectivity index (χ3v) is 2.61. The lowest BCUT2D eigenvalue weighted by atomic mass is 10.0. The van der Waals surface area contributed by atoms with E-state index in [1.807, 2.05) is 6.20 Å². The minimum Gasteiger partial charge on any atom is -0.444 e. The van der Waals surface area contributed by atoms with Gasteiger partial charge in [0.2, 0.25) is 5.89 Å². The highest BCUT2D eigenvalue weighted by molar-refractivity contribution is 4.95. The van der Waals surface area contributed by atoms with Crippen LogP contribution in [0.15, 0.2) is 10.6 Å². The molecule has 0 radical (unpaired) electrons. The maximum Gasteiger partial charge on any atom is 0.208 e. The molecule has 1 heterocycles. The highest BCUT2D eigenvalue weighted by atomic mass is 16.5. The van der Waals surface area contributed by atoms with Gasteiger partial charge < -0.3 is 14.5 Å². The number of hydrogen-bond acceptors (Lipinski definition) is 4. The average Bonchev–Trinajstić information content (AvgIpc) is 2.72. The summed E-state index contributed by atoms with van der Waals surface area (Å²) in [7, 11) is 1.69. The number of oxazole rings is 1. The number of rotatable bonds is 8. The SMILES string of the molecule is CCC(C)Cc1cnc(CNCCOC)o1. The van der Waals surface area contributed by atoms with E-state index in [0.717, 1.165) is 24.6 Å². The van der Waals surface area contributed by atoms with Crippen LogP contribution in [0, 0.1) is 5.92 Å². The first-order valence-electron chi connectivity index (χ1n) is 5.89. The van der Waals surface area contributed by atoms with Crippen molar-refractivity contribution in [3.8, 4) is 0 Å². The van der Waals surface area contributed by atoms with Gasteiger partial charge >= 0.3 is 0 Å². The quantitative estimate of drug-likeness (QED) is 0.689. The number of ether oxygens (including phenoxy) is 1. The molecule has 1 N–H and O–H groups in total. The summed E-state index contributed by atoms with van der Waals surface area (Å²) in [5.74, 6) is 2.40. The van der Waals surface area contributed by atoms with Gasteiger partial charge in [0, 0.05) is 20.1 Å². The Morgan fingerprint density at radius 3 is 3.06 bits per heavy atom. The molecule has 16 heavy (non-hydrogen) atoms. The molecule has 1 rings (SSSR count). The van der Waals surface area contributed by atoms with Crippen molar-refractivity contribution in [2.45, 2.75) is 33.2 Å². The summed E-state index contributed by atoms with van der Waals surface area (Å²) in [5.41, 5.74) is 0. The van der Waals surface area contributed by atoms with Crippen LogP contribution in [-0.4, -0.2) is 25.2 Å². The summed E-state index contributed by atoms with van der Waals surface area (Å²) < 4.78 is 10.6. The van der Waals surface area contributed by atoms with Crippen LogP contribution in [0.1, 0.15) is 31.9 Å². The first kappa shape index (κ1) is 13.2. The standard InChI is InChI=1S/C12H22N2O2/c1-4-10(2)7-11-8-14-12(16-11)9-13-5-6-15-3/h8,10,13H,4-7,9H2,1-3H3. The molecule has 1 unspecified atom stereocenters. The summed E-state index contributed by atoms with van der Waals surface area (Å²) in [5, 5.41) is 3.20. The van der Waals surface area contributed by atoms with Gasteiger partial charge in [-0.05, 0) is 5.92 Å². The molecule has 0 aliphatic carbocycles. The van der Waals surface area contributed by atoms with Crippen molar-refractivity contribution >= 4 is 0 Å². The Kier molecular flexibility index (Phi) is 6.11. The summed E-state index contributed by atoms with van der Waals surface area (Å²) in [6, 6.07) is 0. The zero-order chi connectivity index (χ0) is 11.8. The molecule has 4 nitrogen and oxygen atoms in total. The van der Waals surface area contributed by atoms with Gasteiger partial charge in [-0.15, -0.1) is 0 Å². The second-order valence-corrected chi connectivity index (χ2v) is 4.11. The minimum atomic E-state index is 0.655. The first-order valence-corrected chi connectivity index (χ1v) is 5.89. The summed E-state index contributed by atoms with van der Waals surface area (Å²) in [6.45, 7) is 6.61. The Bertz CT molecular complexity index is 286. The number of nitrogens with one attached hydrogen (secondary N) is 1. The van der Waals surface area contributed by atoms with Crippen molar-refractivity contribution in [2.75, 3.05) is 20.3 Å². The predicted molar refractivity (Wildman–Crippen MR) is 63.2 cm³/mol. The Morgan fingerprint density at radius 2 is 2.38 bits per heavy atom. The third-order valence-electron chi connectivity index (χ3n) is 2.61. The topological polar surface area (TPSA) is 47.3 Å². The number of aromatic nitrogens is 1. The monoisotopic (exact) mass is 226 g/mol. The number of hydrogen-bond donors (Lipinski definition) is 1. The third kappa shape index (κ3) is 4.77. The van der Waals surface area contributed by atoms with Gasteiger partial charge in [-0.2, -0.15) is 0 Å². The van der Waals surface area contributed by atoms with E-state index in [4.69, 9.17) is 9.15 Å². The van der Waals surface area contributed by atoms with Crippen molar-refractivity contribution in [1.29, 1.82) is 0 Å². The van der Waals surface area contributed by atoms with E-state index in [-0.39, 0.29) is 0 Å². The van der Waals surface area contributed by atoms with Gasteiger partial charge in [0.15, 0.2) is 0 Å². The van der Waals surface area contributed by atoms with E-state index in [2.05, 4.69) is 24.1 Å². The molecule has 0 saturated heterocycles. The maximum absolute atomic E-state index is 5.62. The van der Waals surface area contributed by atoms with Gasteiger partial charge in [-0.1, -0.05) is 20.3 Å². The lowest BCUT2D eigenvalue weighted by Crippen LogP contribution is -2.18. The molecule has 1 aromatic heterocycles. The fraction of sp³-hybridized carbons (Fsp3) is 0.750. The van der Waals surface area contributed by atoms with Crippen molar-refractivity contribution < 1.29 is 9.15 Å². The highest BCUT2D eigenvalue weighted by Gasteiger charge is 2.07. The smallest absolute Gasteiger partial charge is 0.208 e. The lowest BCUT2D eigenvalue weighted by molar-refractivity contribution is 0.198. The van der Waals surface area contributed by atoms with Crippen LogP contribution in [0.25, 0.3) is 0 Å². The summed E-state index contributed by atoms with van der Waals surface area (Å²) >= 11 is 0. The van der Waals surface area contributed by atoms with E-state index < -0.39 is 0 Å². The molecule has 0 bridgehead atoms. The van der Waals surface area contributed by atoms with Crippen LogP contribution < -0.4 is 5.32 Å². The van der Waals surface area contributed by atoms with Crippen molar-refractivity contribution in [3.05, 3.63) is 17.8 Å². The van der Waals surface area contributed by atoms with E-state index in [1.54, 1.807) is 7.11 Å². The Hall–Kier alpha value is -0.870. The van der Waals surface area contributed by atoms with Crippen LogP contribution in [0.2, 0.25) is 0 Å². The molecule has 0 amide bonds. The second kappa shape index (κ2) is 7.41. The fourth-order valence-electron chi connectivity index (χ4n) is 1.38. The van der Waals surface area contributed by atoms with Crippen molar-refractivity contribution in [1.82, 2.24) is 10.3 Å². The highest BCUT2D eigenvalue weighted by Crippen LogP contribution is 2.12. The molecule has 0 aromatic carbocycles. The van der Waals surface area contributed by atoms with Crippen molar-refractivity contribution in [2.24, 2.45) is 5.92 Å². The van der Waals surface area contributed by atoms with Crippen LogP contribution in [0.3, 0.4) is 0 Å². The van der Waals surface area contributed by atoms with Gasteiger partial charge in [0.25, 0.3) is 0 Å². The van der Waals surface area contributed by atoms with Gasteiger partial charge in [-0.3, -0.25) is 0 Å². The molecule has 0 aliphatic rings.